The molecule has 2 aliphatic heterocycles. The number of amidine groups is 1. The zero-order valence-corrected chi connectivity index (χ0v) is 17.2. The summed E-state index contributed by atoms with van der Waals surface area (Å²) in [4.78, 5) is 16.0. The van der Waals surface area contributed by atoms with Crippen molar-refractivity contribution in [3.63, 3.8) is 0 Å². The number of ether oxygens (including phenoxy) is 1. The molecule has 144 valence electrons. The van der Waals surface area contributed by atoms with Crippen molar-refractivity contribution in [2.24, 2.45) is 4.99 Å². The van der Waals surface area contributed by atoms with Crippen LogP contribution in [-0.4, -0.2) is 78.2 Å². The Morgan fingerprint density at radius 2 is 2.08 bits per heavy atom. The van der Waals surface area contributed by atoms with Crippen molar-refractivity contribution in [1.29, 1.82) is 0 Å². The minimum Gasteiger partial charge on any atom is -0.465 e. The summed E-state index contributed by atoms with van der Waals surface area (Å²) in [6, 6.07) is -0.916. The van der Waals surface area contributed by atoms with Gasteiger partial charge < -0.3 is 19.4 Å². The van der Waals surface area contributed by atoms with Crippen LogP contribution in [0.1, 0.15) is 20.8 Å². The number of aliphatic hydroxyl groups is 1. The van der Waals surface area contributed by atoms with E-state index in [0.29, 0.717) is 0 Å². The molecule has 2 heterocycles. The summed E-state index contributed by atoms with van der Waals surface area (Å²) in [6.45, 7) is 10.5. The topological polar surface area (TPSA) is 91.6 Å². The predicted octanol–water partition coefficient (Wildman–Crippen LogP) is 2.51. The van der Waals surface area contributed by atoms with Gasteiger partial charge in [0.05, 0.1) is 6.61 Å². The van der Waals surface area contributed by atoms with E-state index in [-0.39, 0.29) is 16.8 Å². The molecule has 7 nitrogen and oxygen atoms in total. The molecule has 0 aromatic carbocycles. The van der Waals surface area contributed by atoms with E-state index in [1.165, 1.54) is 7.05 Å². The number of thioether (sulfide) groups is 1. The average Bonchev–Trinajstić information content (AvgIpc) is 2.91. The number of aliphatic hydroxyl groups excluding tert-OH is 1. The Labute approximate surface area is 152 Å². The van der Waals surface area contributed by atoms with E-state index >= 15 is 0 Å². The third-order valence-electron chi connectivity index (χ3n) is 5.09. The number of carbonyl (C=O) groups is 1. The normalized spacial score (nSPS) is 33.0. The van der Waals surface area contributed by atoms with Gasteiger partial charge in [-0.15, -0.1) is 0 Å². The molecule has 0 radical (unpaired) electrons. The zero-order chi connectivity index (χ0) is 19.2. The van der Waals surface area contributed by atoms with Crippen LogP contribution in [0.4, 0.5) is 9.18 Å². The predicted molar refractivity (Wildman–Crippen MR) is 97.3 cm³/mol. The molecule has 5 atom stereocenters. The first kappa shape index (κ1) is 20.6. The van der Waals surface area contributed by atoms with E-state index in [4.69, 9.17) is 14.3 Å². The SMILES string of the molecule is CN(C(=O)O)C1=N[C@@H]2[C@H](F)[C@H](O)[C@@H](CO[Si](C)(C)C(C)(C)C)O[C@@H]2S1. The molecular weight excluding hydrogens is 367 g/mol. The first-order chi connectivity index (χ1) is 11.3. The molecule has 2 aliphatic rings. The van der Waals surface area contributed by atoms with Crippen molar-refractivity contribution in [3.8, 4) is 0 Å². The average molecular weight is 395 g/mol. The Kier molecular flexibility index (Phi) is 5.89. The molecule has 0 spiro atoms. The van der Waals surface area contributed by atoms with Crippen LogP contribution in [0.2, 0.25) is 18.1 Å². The Hall–Kier alpha value is -0.683. The van der Waals surface area contributed by atoms with E-state index < -0.39 is 44.3 Å². The smallest absolute Gasteiger partial charge is 0.413 e. The first-order valence-corrected chi connectivity index (χ1v) is 12.0. The minimum atomic E-state index is -2.06. The molecule has 0 unspecified atom stereocenters. The maximum absolute atomic E-state index is 14.6. The lowest BCUT2D eigenvalue weighted by atomic mass is 10.0. The van der Waals surface area contributed by atoms with Gasteiger partial charge in [0.2, 0.25) is 0 Å². The zero-order valence-electron chi connectivity index (χ0n) is 15.4. The number of fused-ring (bicyclic) bond motifs is 1. The maximum Gasteiger partial charge on any atom is 0.413 e. The second kappa shape index (κ2) is 7.14. The van der Waals surface area contributed by atoms with Gasteiger partial charge in [0, 0.05) is 7.05 Å². The Bertz CT molecular complexity index is 557. The van der Waals surface area contributed by atoms with Crippen LogP contribution in [0.3, 0.4) is 0 Å². The van der Waals surface area contributed by atoms with E-state index in [9.17, 15) is 14.3 Å². The molecule has 0 bridgehead atoms. The molecule has 0 aromatic heterocycles. The quantitative estimate of drug-likeness (QED) is 0.715. The minimum absolute atomic E-state index is 0.00708. The Morgan fingerprint density at radius 3 is 2.60 bits per heavy atom. The summed E-state index contributed by atoms with van der Waals surface area (Å²) in [5.41, 5.74) is -0.664. The fourth-order valence-electron chi connectivity index (χ4n) is 2.27. The van der Waals surface area contributed by atoms with Gasteiger partial charge in [-0.2, -0.15) is 0 Å². The van der Waals surface area contributed by atoms with Gasteiger partial charge in [-0.1, -0.05) is 32.5 Å². The number of halogens is 1. The number of carboxylic acid groups (broad SMARTS) is 1. The van der Waals surface area contributed by atoms with Gasteiger partial charge in [0.15, 0.2) is 19.7 Å². The molecule has 25 heavy (non-hydrogen) atoms. The van der Waals surface area contributed by atoms with Crippen molar-refractivity contribution < 1.29 is 28.6 Å². The number of nitrogens with zero attached hydrogens (tertiary/aromatic N) is 2. The summed E-state index contributed by atoms with van der Waals surface area (Å²) in [7, 11) is -0.715. The van der Waals surface area contributed by atoms with Gasteiger partial charge in [0.1, 0.15) is 23.7 Å². The van der Waals surface area contributed by atoms with Crippen molar-refractivity contribution in [2.45, 2.75) is 68.8 Å². The lowest BCUT2D eigenvalue weighted by Crippen LogP contribution is -2.55. The molecule has 1 saturated heterocycles. The fourth-order valence-corrected chi connectivity index (χ4v) is 4.46. The summed E-state index contributed by atoms with van der Waals surface area (Å²) in [5.74, 6) is 0. The molecule has 0 aliphatic carbocycles. The molecule has 1 fully saturated rings. The van der Waals surface area contributed by atoms with Crippen LogP contribution in [-0.2, 0) is 9.16 Å². The summed E-state index contributed by atoms with van der Waals surface area (Å²) >= 11 is 1.06. The van der Waals surface area contributed by atoms with Crippen LogP contribution < -0.4 is 0 Å². The van der Waals surface area contributed by atoms with E-state index in [1.54, 1.807) is 0 Å². The highest BCUT2D eigenvalue weighted by molar-refractivity contribution is 8.14. The molecule has 10 heteroatoms. The molecule has 2 rings (SSSR count). The first-order valence-electron chi connectivity index (χ1n) is 8.18. The van der Waals surface area contributed by atoms with Crippen LogP contribution in [0.5, 0.6) is 0 Å². The monoisotopic (exact) mass is 394 g/mol. The number of amides is 1. The van der Waals surface area contributed by atoms with E-state index in [1.807, 2.05) is 0 Å². The summed E-state index contributed by atoms with van der Waals surface area (Å²) in [6.07, 6.45) is -4.97. The standard InChI is InChI=1S/C15H27FN2O5SSi/c1-15(2,3)25(5,6)22-7-8-11(19)9(16)10-12(23-8)24-13(17-10)18(4)14(20)21/h8-12,19H,7H2,1-6H3,(H,20,21)/t8-,9+,10-,11-,12-/m1/s1. The van der Waals surface area contributed by atoms with Gasteiger partial charge in [-0.25, -0.2) is 9.18 Å². The van der Waals surface area contributed by atoms with E-state index in [2.05, 4.69) is 38.9 Å². The lowest BCUT2D eigenvalue weighted by molar-refractivity contribution is -0.143. The Morgan fingerprint density at radius 1 is 1.48 bits per heavy atom. The van der Waals surface area contributed by atoms with Crippen molar-refractivity contribution in [2.75, 3.05) is 13.7 Å². The van der Waals surface area contributed by atoms with Gasteiger partial charge >= 0.3 is 6.09 Å². The third-order valence-corrected chi connectivity index (χ3v) is 10.8. The number of alkyl halides is 1. The lowest BCUT2D eigenvalue weighted by Gasteiger charge is -2.41. The molecule has 0 aromatic rings. The highest BCUT2D eigenvalue weighted by atomic mass is 32.2. The number of hydrogen-bond acceptors (Lipinski definition) is 6. The van der Waals surface area contributed by atoms with Crippen molar-refractivity contribution in [1.82, 2.24) is 4.90 Å². The van der Waals surface area contributed by atoms with Crippen LogP contribution >= 0.6 is 11.8 Å². The largest absolute Gasteiger partial charge is 0.465 e. The highest BCUT2D eigenvalue weighted by Crippen LogP contribution is 2.40. The van der Waals surface area contributed by atoms with E-state index in [0.717, 1.165) is 16.7 Å². The molecule has 1 amide bonds. The molecular formula is C15H27FN2O5SSi. The summed E-state index contributed by atoms with van der Waals surface area (Å²) in [5, 5.41) is 19.4. The second-order valence-electron chi connectivity index (χ2n) is 7.91. The summed E-state index contributed by atoms with van der Waals surface area (Å²) < 4.78 is 26.5. The van der Waals surface area contributed by atoms with Crippen molar-refractivity contribution >= 4 is 31.3 Å². The number of rotatable bonds is 3. The second-order valence-corrected chi connectivity index (χ2v) is 13.8. The molecule has 0 saturated carbocycles. The van der Waals surface area contributed by atoms with Crippen molar-refractivity contribution in [3.05, 3.63) is 0 Å². The number of hydrogen-bond donors (Lipinski definition) is 2. The molecule has 2 N–H and O–H groups in total. The van der Waals surface area contributed by atoms with Crippen LogP contribution in [0.15, 0.2) is 4.99 Å². The van der Waals surface area contributed by atoms with Crippen LogP contribution in [0, 0.1) is 0 Å². The van der Waals surface area contributed by atoms with Gasteiger partial charge in [0.25, 0.3) is 0 Å². The van der Waals surface area contributed by atoms with Gasteiger partial charge in [-0.3, -0.25) is 9.89 Å². The highest BCUT2D eigenvalue weighted by Gasteiger charge is 2.51. The third kappa shape index (κ3) is 4.18. The number of aliphatic imine (C=N–C) groups is 1. The maximum atomic E-state index is 14.6. The fraction of sp³-hybridized carbons (Fsp3) is 0.867. The van der Waals surface area contributed by atoms with Gasteiger partial charge in [-0.05, 0) is 18.1 Å². The van der Waals surface area contributed by atoms with Crippen LogP contribution in [0.25, 0.3) is 0 Å². The Balaban J connectivity index is 2.04.